The van der Waals surface area contributed by atoms with Crippen molar-refractivity contribution in [1.82, 2.24) is 19.3 Å². The Morgan fingerprint density at radius 1 is 1.21 bits per heavy atom. The molecule has 0 spiro atoms. The third-order valence-electron chi connectivity index (χ3n) is 4.56. The standard InChI is InChI=1S/C18H23BrN4O4S/c1-2-4-16-20-17(27-21-16)7-8-18(24)22-9-11-23(12-10-22)28(25,26)15-6-3-5-14(19)13-15/h3,5-6,13H,2,4,7-12H2,1H3. The molecule has 1 aliphatic heterocycles. The van der Waals surface area contributed by atoms with Crippen molar-refractivity contribution in [2.45, 2.75) is 37.5 Å². The van der Waals surface area contributed by atoms with Crippen LogP contribution in [0.25, 0.3) is 0 Å². The number of piperazine rings is 1. The fraction of sp³-hybridized carbons (Fsp3) is 0.500. The van der Waals surface area contributed by atoms with Crippen LogP contribution in [0.2, 0.25) is 0 Å². The van der Waals surface area contributed by atoms with E-state index in [0.717, 1.165) is 12.8 Å². The summed E-state index contributed by atoms with van der Waals surface area (Å²) in [6.07, 6.45) is 2.36. The molecule has 10 heteroatoms. The number of nitrogens with zero attached hydrogens (tertiary/aromatic N) is 4. The van der Waals surface area contributed by atoms with Crippen LogP contribution < -0.4 is 0 Å². The van der Waals surface area contributed by atoms with Crippen LogP contribution in [-0.4, -0.2) is 59.8 Å². The molecule has 2 aromatic rings. The molecule has 0 aliphatic carbocycles. The van der Waals surface area contributed by atoms with E-state index in [2.05, 4.69) is 26.1 Å². The van der Waals surface area contributed by atoms with Gasteiger partial charge in [0.05, 0.1) is 4.90 Å². The number of halogens is 1. The smallest absolute Gasteiger partial charge is 0.243 e. The predicted molar refractivity (Wildman–Crippen MR) is 106 cm³/mol. The van der Waals surface area contributed by atoms with Crippen LogP contribution in [0.15, 0.2) is 38.2 Å². The van der Waals surface area contributed by atoms with E-state index in [1.165, 1.54) is 4.31 Å². The Labute approximate surface area is 173 Å². The van der Waals surface area contributed by atoms with E-state index >= 15 is 0 Å². The van der Waals surface area contributed by atoms with Gasteiger partial charge in [-0.25, -0.2) is 8.42 Å². The van der Waals surface area contributed by atoms with Crippen LogP contribution in [0, 0.1) is 0 Å². The van der Waals surface area contributed by atoms with Gasteiger partial charge in [0.1, 0.15) is 0 Å². The van der Waals surface area contributed by atoms with Crippen LogP contribution in [0.5, 0.6) is 0 Å². The summed E-state index contributed by atoms with van der Waals surface area (Å²) in [5.41, 5.74) is 0. The van der Waals surface area contributed by atoms with Crippen molar-refractivity contribution in [3.8, 4) is 0 Å². The molecule has 1 aliphatic rings. The third kappa shape index (κ3) is 4.98. The van der Waals surface area contributed by atoms with Gasteiger partial charge < -0.3 is 9.42 Å². The number of aryl methyl sites for hydroxylation is 2. The second-order valence-corrected chi connectivity index (χ2v) is 9.45. The molecule has 152 valence electrons. The summed E-state index contributed by atoms with van der Waals surface area (Å²) in [7, 11) is -3.56. The monoisotopic (exact) mass is 470 g/mol. The number of aromatic nitrogens is 2. The van der Waals surface area contributed by atoms with Gasteiger partial charge in [0.15, 0.2) is 5.82 Å². The Hall–Kier alpha value is -1.78. The first-order valence-corrected chi connectivity index (χ1v) is 11.5. The number of sulfonamides is 1. The topological polar surface area (TPSA) is 96.6 Å². The highest BCUT2D eigenvalue weighted by atomic mass is 79.9. The van der Waals surface area contributed by atoms with Gasteiger partial charge in [-0.2, -0.15) is 9.29 Å². The van der Waals surface area contributed by atoms with Gasteiger partial charge in [-0.1, -0.05) is 34.1 Å². The Kier molecular flexibility index (Phi) is 6.84. The summed E-state index contributed by atoms with van der Waals surface area (Å²) in [6.45, 7) is 3.34. The van der Waals surface area contributed by atoms with Crippen molar-refractivity contribution in [3.05, 3.63) is 40.5 Å². The van der Waals surface area contributed by atoms with E-state index in [1.54, 1.807) is 29.2 Å². The van der Waals surface area contributed by atoms with Gasteiger partial charge >= 0.3 is 0 Å². The molecule has 1 saturated heterocycles. The summed E-state index contributed by atoms with van der Waals surface area (Å²) in [4.78, 5) is 18.6. The van der Waals surface area contributed by atoms with Crippen molar-refractivity contribution in [3.63, 3.8) is 0 Å². The fourth-order valence-electron chi connectivity index (χ4n) is 3.04. The molecular formula is C18H23BrN4O4S. The van der Waals surface area contributed by atoms with Crippen molar-refractivity contribution < 1.29 is 17.7 Å². The lowest BCUT2D eigenvalue weighted by Gasteiger charge is -2.34. The molecule has 0 unspecified atom stereocenters. The first kappa shape index (κ1) is 20.9. The zero-order valence-corrected chi connectivity index (χ0v) is 18.1. The zero-order chi connectivity index (χ0) is 20.1. The van der Waals surface area contributed by atoms with E-state index in [9.17, 15) is 13.2 Å². The van der Waals surface area contributed by atoms with Crippen molar-refractivity contribution in [1.29, 1.82) is 0 Å². The Morgan fingerprint density at radius 2 is 1.96 bits per heavy atom. The maximum atomic E-state index is 12.8. The zero-order valence-electron chi connectivity index (χ0n) is 15.7. The van der Waals surface area contributed by atoms with E-state index in [1.807, 2.05) is 6.92 Å². The molecule has 1 fully saturated rings. The minimum Gasteiger partial charge on any atom is -0.340 e. The Morgan fingerprint density at radius 3 is 2.64 bits per heavy atom. The molecule has 1 amide bonds. The van der Waals surface area contributed by atoms with Crippen LogP contribution in [-0.2, 0) is 27.7 Å². The highest BCUT2D eigenvalue weighted by molar-refractivity contribution is 9.10. The molecule has 0 bridgehead atoms. The summed E-state index contributed by atoms with van der Waals surface area (Å²) in [5, 5.41) is 3.88. The van der Waals surface area contributed by atoms with Gasteiger partial charge in [0.2, 0.25) is 21.8 Å². The van der Waals surface area contributed by atoms with Gasteiger partial charge in [-0.3, -0.25) is 4.79 Å². The summed E-state index contributed by atoms with van der Waals surface area (Å²) < 4.78 is 32.8. The van der Waals surface area contributed by atoms with Gasteiger partial charge in [0.25, 0.3) is 0 Å². The van der Waals surface area contributed by atoms with Crippen molar-refractivity contribution in [2.24, 2.45) is 0 Å². The molecule has 0 atom stereocenters. The first-order valence-electron chi connectivity index (χ1n) is 9.25. The van der Waals surface area contributed by atoms with E-state index in [4.69, 9.17) is 4.52 Å². The van der Waals surface area contributed by atoms with E-state index in [0.29, 0.717) is 35.7 Å². The van der Waals surface area contributed by atoms with E-state index in [-0.39, 0.29) is 30.3 Å². The number of amides is 1. The number of benzene rings is 1. The minimum atomic E-state index is -3.56. The van der Waals surface area contributed by atoms with Gasteiger partial charge in [0, 0.05) is 49.9 Å². The summed E-state index contributed by atoms with van der Waals surface area (Å²) in [6, 6.07) is 6.64. The lowest BCUT2D eigenvalue weighted by Crippen LogP contribution is -2.50. The molecule has 1 aromatic heterocycles. The minimum absolute atomic E-state index is 0.0326. The molecule has 3 rings (SSSR count). The molecule has 2 heterocycles. The maximum Gasteiger partial charge on any atom is 0.243 e. The Balaban J connectivity index is 1.52. The van der Waals surface area contributed by atoms with Crippen molar-refractivity contribution >= 4 is 31.9 Å². The summed E-state index contributed by atoms with van der Waals surface area (Å²) in [5.74, 6) is 1.10. The highest BCUT2D eigenvalue weighted by Crippen LogP contribution is 2.21. The second kappa shape index (κ2) is 9.15. The first-order chi connectivity index (χ1) is 13.4. The fourth-order valence-corrected chi connectivity index (χ4v) is 5.06. The molecular weight excluding hydrogens is 448 g/mol. The van der Waals surface area contributed by atoms with Crippen LogP contribution in [0.1, 0.15) is 31.5 Å². The average molecular weight is 471 g/mol. The van der Waals surface area contributed by atoms with Crippen LogP contribution in [0.4, 0.5) is 0 Å². The number of carbonyl (C=O) groups is 1. The normalized spacial score (nSPS) is 15.7. The number of hydrogen-bond acceptors (Lipinski definition) is 6. The quantitative estimate of drug-likeness (QED) is 0.615. The molecule has 0 N–H and O–H groups in total. The largest absolute Gasteiger partial charge is 0.340 e. The maximum absolute atomic E-state index is 12.8. The SMILES string of the molecule is CCCc1noc(CCC(=O)N2CCN(S(=O)(=O)c3cccc(Br)c3)CC2)n1. The van der Waals surface area contributed by atoms with Gasteiger partial charge in [-0.15, -0.1) is 0 Å². The van der Waals surface area contributed by atoms with Crippen LogP contribution >= 0.6 is 15.9 Å². The molecule has 8 nitrogen and oxygen atoms in total. The predicted octanol–water partition coefficient (Wildman–Crippen LogP) is 2.25. The summed E-state index contributed by atoms with van der Waals surface area (Å²) >= 11 is 3.30. The molecule has 0 radical (unpaired) electrons. The molecule has 1 aromatic carbocycles. The Bertz CT molecular complexity index is 923. The number of rotatable bonds is 7. The lowest BCUT2D eigenvalue weighted by molar-refractivity contribution is -0.132. The second-order valence-electron chi connectivity index (χ2n) is 6.60. The molecule has 28 heavy (non-hydrogen) atoms. The number of hydrogen-bond donors (Lipinski definition) is 0. The van der Waals surface area contributed by atoms with Crippen LogP contribution in [0.3, 0.4) is 0 Å². The van der Waals surface area contributed by atoms with Crippen molar-refractivity contribution in [2.75, 3.05) is 26.2 Å². The van der Waals surface area contributed by atoms with Gasteiger partial charge in [-0.05, 0) is 24.6 Å². The lowest BCUT2D eigenvalue weighted by atomic mass is 10.2. The highest BCUT2D eigenvalue weighted by Gasteiger charge is 2.30. The third-order valence-corrected chi connectivity index (χ3v) is 6.95. The average Bonchev–Trinajstić information content (AvgIpc) is 3.14. The van der Waals surface area contributed by atoms with E-state index < -0.39 is 10.0 Å². The number of carbonyl (C=O) groups excluding carboxylic acids is 1. The molecule has 0 saturated carbocycles.